The molecule has 2 aromatic rings. The molecule has 1 aromatic carbocycles. The number of aryl methyl sites for hydroxylation is 1. The molecule has 0 spiro atoms. The number of nitrogens with zero attached hydrogens (tertiary/aromatic N) is 3. The fourth-order valence-corrected chi connectivity index (χ4v) is 3.76. The van der Waals surface area contributed by atoms with Crippen LogP contribution in [-0.2, 0) is 9.59 Å². The summed E-state index contributed by atoms with van der Waals surface area (Å²) in [7, 11) is 0. The van der Waals surface area contributed by atoms with Gasteiger partial charge in [-0.2, -0.15) is 0 Å². The molecule has 2 aliphatic rings. The number of hydrogen-bond donors (Lipinski definition) is 1. The first-order chi connectivity index (χ1) is 11.6. The lowest BCUT2D eigenvalue weighted by molar-refractivity contribution is -0.122. The minimum atomic E-state index is -0.355. The molecule has 1 unspecified atom stereocenters. The van der Waals surface area contributed by atoms with Crippen molar-refractivity contribution < 1.29 is 9.59 Å². The number of nitrogens with one attached hydrogen (secondary N) is 1. The quantitative estimate of drug-likeness (QED) is 0.927. The molecule has 2 amide bonds. The summed E-state index contributed by atoms with van der Waals surface area (Å²) in [4.78, 5) is 26.4. The van der Waals surface area contributed by atoms with Gasteiger partial charge in [-0.1, -0.05) is 29.0 Å². The van der Waals surface area contributed by atoms with Crippen molar-refractivity contribution in [3.63, 3.8) is 0 Å². The Morgan fingerprint density at radius 2 is 2.00 bits per heavy atom. The van der Waals surface area contributed by atoms with Gasteiger partial charge in [-0.3, -0.25) is 9.59 Å². The van der Waals surface area contributed by atoms with Gasteiger partial charge >= 0.3 is 0 Å². The Morgan fingerprint density at radius 3 is 2.71 bits per heavy atom. The fraction of sp³-hybridized carbons (Fsp3) is 0.412. The van der Waals surface area contributed by atoms with E-state index in [4.69, 9.17) is 0 Å². The van der Waals surface area contributed by atoms with E-state index in [2.05, 4.69) is 15.5 Å². The van der Waals surface area contributed by atoms with Crippen LogP contribution in [0.1, 0.15) is 35.8 Å². The van der Waals surface area contributed by atoms with E-state index < -0.39 is 0 Å². The number of amides is 2. The first kappa shape index (κ1) is 15.3. The van der Waals surface area contributed by atoms with Crippen molar-refractivity contribution in [2.24, 2.45) is 5.92 Å². The average molecular weight is 342 g/mol. The average Bonchev–Trinajstić information content (AvgIpc) is 3.19. The van der Waals surface area contributed by atoms with Crippen LogP contribution in [0.5, 0.6) is 0 Å². The molecule has 6 nitrogen and oxygen atoms in total. The van der Waals surface area contributed by atoms with Crippen LogP contribution in [0.25, 0.3) is 0 Å². The Balaban J connectivity index is 1.41. The maximum Gasteiger partial charge on any atom is 0.231 e. The number of rotatable bonds is 4. The smallest absolute Gasteiger partial charge is 0.231 e. The highest BCUT2D eigenvalue weighted by molar-refractivity contribution is 7.15. The summed E-state index contributed by atoms with van der Waals surface area (Å²) in [5, 5.41) is 12.5. The topological polar surface area (TPSA) is 75.2 Å². The van der Waals surface area contributed by atoms with Crippen LogP contribution >= 0.6 is 11.3 Å². The highest BCUT2D eigenvalue weighted by Crippen LogP contribution is 2.42. The molecule has 1 aliphatic heterocycles. The molecule has 7 heteroatoms. The number of carbonyl (C=O) groups is 2. The number of aromatic nitrogens is 2. The number of carbonyl (C=O) groups excluding carboxylic acids is 2. The molecule has 4 rings (SSSR count). The highest BCUT2D eigenvalue weighted by Gasteiger charge is 2.35. The van der Waals surface area contributed by atoms with E-state index in [9.17, 15) is 9.59 Å². The molecule has 2 fully saturated rings. The summed E-state index contributed by atoms with van der Waals surface area (Å²) in [5.41, 5.74) is 1.98. The third-order valence-corrected chi connectivity index (χ3v) is 5.44. The molecule has 0 radical (unpaired) electrons. The van der Waals surface area contributed by atoms with Crippen LogP contribution in [-0.4, -0.2) is 28.6 Å². The van der Waals surface area contributed by atoms with Gasteiger partial charge in [0.05, 0.1) is 5.92 Å². The largest absolute Gasteiger partial charge is 0.312 e. The second kappa shape index (κ2) is 5.98. The van der Waals surface area contributed by atoms with Gasteiger partial charge in [0.1, 0.15) is 5.01 Å². The van der Waals surface area contributed by atoms with Crippen LogP contribution in [0, 0.1) is 12.8 Å². The Hall–Kier alpha value is -2.28. The van der Waals surface area contributed by atoms with Crippen LogP contribution < -0.4 is 10.2 Å². The van der Waals surface area contributed by atoms with Crippen molar-refractivity contribution in [1.82, 2.24) is 10.2 Å². The highest BCUT2D eigenvalue weighted by atomic mass is 32.1. The van der Waals surface area contributed by atoms with Gasteiger partial charge in [-0.05, 0) is 31.9 Å². The molecule has 2 heterocycles. The molecule has 1 saturated carbocycles. The summed E-state index contributed by atoms with van der Waals surface area (Å²) in [6.07, 6.45) is 2.55. The van der Waals surface area contributed by atoms with Gasteiger partial charge in [-0.15, -0.1) is 10.2 Å². The van der Waals surface area contributed by atoms with Gasteiger partial charge in [0.2, 0.25) is 16.9 Å². The molecule has 0 bridgehead atoms. The zero-order valence-corrected chi connectivity index (χ0v) is 14.2. The van der Waals surface area contributed by atoms with Crippen LogP contribution in [0.3, 0.4) is 0 Å². The Kier molecular flexibility index (Phi) is 3.80. The maximum atomic E-state index is 12.4. The fourth-order valence-electron chi connectivity index (χ4n) is 2.85. The molecule has 24 heavy (non-hydrogen) atoms. The Morgan fingerprint density at radius 1 is 1.25 bits per heavy atom. The molecule has 124 valence electrons. The normalized spacial score (nSPS) is 20.5. The second-order valence-corrected chi connectivity index (χ2v) is 7.46. The number of anilines is 2. The lowest BCUT2D eigenvalue weighted by atomic mass is 10.1. The predicted octanol–water partition coefficient (Wildman–Crippen LogP) is 2.72. The molecule has 1 N–H and O–H groups in total. The molecule has 1 aromatic heterocycles. The zero-order chi connectivity index (χ0) is 16.7. The minimum absolute atomic E-state index is 0.0186. The molecular formula is C17H18N4O2S. The van der Waals surface area contributed by atoms with Crippen LogP contribution in [0.2, 0.25) is 0 Å². The van der Waals surface area contributed by atoms with E-state index in [1.807, 2.05) is 31.2 Å². The van der Waals surface area contributed by atoms with Gasteiger partial charge < -0.3 is 10.2 Å². The summed E-state index contributed by atoms with van der Waals surface area (Å²) in [6, 6.07) is 7.77. The Labute approximate surface area is 143 Å². The summed E-state index contributed by atoms with van der Waals surface area (Å²) >= 11 is 1.44. The molecule has 1 aliphatic carbocycles. The predicted molar refractivity (Wildman–Crippen MR) is 92.2 cm³/mol. The van der Waals surface area contributed by atoms with Gasteiger partial charge in [0.15, 0.2) is 0 Å². The van der Waals surface area contributed by atoms with Gasteiger partial charge in [0.25, 0.3) is 0 Å². The third-order valence-electron chi connectivity index (χ3n) is 4.44. The second-order valence-electron chi connectivity index (χ2n) is 6.45. The minimum Gasteiger partial charge on any atom is -0.312 e. The number of hydrogen-bond acceptors (Lipinski definition) is 5. The van der Waals surface area contributed by atoms with E-state index in [-0.39, 0.29) is 24.2 Å². The lowest BCUT2D eigenvalue weighted by Gasteiger charge is -2.16. The van der Waals surface area contributed by atoms with Gasteiger partial charge in [-0.25, -0.2) is 0 Å². The monoisotopic (exact) mass is 342 g/mol. The van der Waals surface area contributed by atoms with Gasteiger partial charge in [0, 0.05) is 24.6 Å². The molecular weight excluding hydrogens is 324 g/mol. The SMILES string of the molecule is Cc1ccc(N2CC(C(=O)Nc3nnc(C4CC4)s3)CC2=O)cc1. The Bertz CT molecular complexity index is 782. The molecule has 1 saturated heterocycles. The number of benzene rings is 1. The first-order valence-electron chi connectivity index (χ1n) is 8.11. The van der Waals surface area contributed by atoms with Crippen LogP contribution in [0.15, 0.2) is 24.3 Å². The van der Waals surface area contributed by atoms with Crippen molar-refractivity contribution >= 4 is 34.0 Å². The third kappa shape index (κ3) is 3.03. The van der Waals surface area contributed by atoms with Crippen molar-refractivity contribution in [3.8, 4) is 0 Å². The van der Waals surface area contributed by atoms with E-state index >= 15 is 0 Å². The van der Waals surface area contributed by atoms with Crippen LogP contribution in [0.4, 0.5) is 10.8 Å². The molecule has 1 atom stereocenters. The maximum absolute atomic E-state index is 12.4. The van der Waals surface area contributed by atoms with E-state index in [1.54, 1.807) is 4.90 Å². The standard InChI is InChI=1S/C17H18N4O2S/c1-10-2-6-13(7-3-10)21-9-12(8-14(21)22)15(23)18-17-20-19-16(24-17)11-4-5-11/h2-3,6-7,11-12H,4-5,8-9H2,1H3,(H,18,20,23). The lowest BCUT2D eigenvalue weighted by Crippen LogP contribution is -2.28. The summed E-state index contributed by atoms with van der Waals surface area (Å²) in [5.74, 6) is -0.00304. The zero-order valence-electron chi connectivity index (χ0n) is 13.4. The van der Waals surface area contributed by atoms with Crippen molar-refractivity contribution in [3.05, 3.63) is 34.8 Å². The van der Waals surface area contributed by atoms with Crippen molar-refractivity contribution in [1.29, 1.82) is 0 Å². The van der Waals surface area contributed by atoms with Crippen molar-refractivity contribution in [2.75, 3.05) is 16.8 Å². The van der Waals surface area contributed by atoms with Crippen molar-refractivity contribution in [2.45, 2.75) is 32.1 Å². The van der Waals surface area contributed by atoms with E-state index in [0.29, 0.717) is 17.6 Å². The van der Waals surface area contributed by atoms with E-state index in [0.717, 1.165) is 29.1 Å². The first-order valence-corrected chi connectivity index (χ1v) is 8.93. The summed E-state index contributed by atoms with van der Waals surface area (Å²) < 4.78 is 0. The van der Waals surface area contributed by atoms with E-state index in [1.165, 1.54) is 11.3 Å². The summed E-state index contributed by atoms with van der Waals surface area (Å²) in [6.45, 7) is 2.41.